The van der Waals surface area contributed by atoms with Gasteiger partial charge in [0.2, 0.25) is 5.88 Å². The van der Waals surface area contributed by atoms with Gasteiger partial charge in [-0.05, 0) is 56.1 Å². The number of hydrogen-bond donors (Lipinski definition) is 0. The molecule has 0 aliphatic carbocycles. The largest absolute Gasteiger partial charge is 0.481 e. The number of thiazole rings is 1. The van der Waals surface area contributed by atoms with E-state index in [-0.39, 0.29) is 0 Å². The molecule has 2 fully saturated rings. The molecule has 2 saturated heterocycles. The molecule has 6 heteroatoms. The Bertz CT molecular complexity index is 949. The third kappa shape index (κ3) is 3.47. The summed E-state index contributed by atoms with van der Waals surface area (Å²) in [4.78, 5) is 14.4. The van der Waals surface area contributed by atoms with Gasteiger partial charge in [0.1, 0.15) is 0 Å². The van der Waals surface area contributed by atoms with E-state index in [1.807, 2.05) is 23.6 Å². The lowest BCUT2D eigenvalue weighted by molar-refractivity contribution is 0.175. The molecule has 0 spiro atoms. The minimum atomic E-state index is 0.641. The molecule has 0 bridgehead atoms. The second-order valence-corrected chi connectivity index (χ2v) is 8.76. The monoisotopic (exact) mass is 394 g/mol. The van der Waals surface area contributed by atoms with Crippen LogP contribution in [0.4, 0.5) is 5.13 Å². The summed E-state index contributed by atoms with van der Waals surface area (Å²) in [5.74, 6) is 0.641. The van der Waals surface area contributed by atoms with Gasteiger partial charge in [-0.2, -0.15) is 0 Å². The maximum atomic E-state index is 5.16. The summed E-state index contributed by atoms with van der Waals surface area (Å²) in [6.07, 6.45) is 7.25. The van der Waals surface area contributed by atoms with Crippen LogP contribution in [0, 0.1) is 0 Å². The van der Waals surface area contributed by atoms with Gasteiger partial charge in [0, 0.05) is 37.0 Å². The fourth-order valence-corrected chi connectivity index (χ4v) is 5.44. The van der Waals surface area contributed by atoms with Crippen LogP contribution in [0.5, 0.6) is 5.88 Å². The highest BCUT2D eigenvalue weighted by Gasteiger charge is 2.29. The average molecular weight is 395 g/mol. The van der Waals surface area contributed by atoms with Crippen molar-refractivity contribution in [1.82, 2.24) is 14.9 Å². The molecule has 0 radical (unpaired) electrons. The Morgan fingerprint density at radius 2 is 1.89 bits per heavy atom. The zero-order valence-electron chi connectivity index (χ0n) is 16.3. The molecule has 0 unspecified atom stereocenters. The van der Waals surface area contributed by atoms with Gasteiger partial charge in [0.05, 0.1) is 17.3 Å². The van der Waals surface area contributed by atoms with E-state index < -0.39 is 0 Å². The number of anilines is 1. The van der Waals surface area contributed by atoms with Crippen molar-refractivity contribution in [3.63, 3.8) is 0 Å². The molecule has 2 aromatic heterocycles. The number of methoxy groups -OCH3 is 1. The number of piperidine rings is 1. The van der Waals surface area contributed by atoms with E-state index in [0.29, 0.717) is 11.9 Å². The number of likely N-dealkylation sites (tertiary alicyclic amines) is 1. The first kappa shape index (κ1) is 17.9. The Balaban J connectivity index is 1.35. The van der Waals surface area contributed by atoms with Gasteiger partial charge < -0.3 is 9.64 Å². The van der Waals surface area contributed by atoms with Crippen LogP contribution in [-0.2, 0) is 0 Å². The molecule has 0 amide bonds. The van der Waals surface area contributed by atoms with Gasteiger partial charge in [-0.3, -0.25) is 4.90 Å². The van der Waals surface area contributed by atoms with Gasteiger partial charge in [-0.15, -0.1) is 0 Å². The number of ether oxygens (including phenoxy) is 1. The summed E-state index contributed by atoms with van der Waals surface area (Å²) in [5.41, 5.74) is 3.36. The number of hydrogen-bond acceptors (Lipinski definition) is 6. The van der Waals surface area contributed by atoms with Crippen molar-refractivity contribution < 1.29 is 4.74 Å². The maximum absolute atomic E-state index is 5.16. The van der Waals surface area contributed by atoms with Gasteiger partial charge in [-0.25, -0.2) is 9.97 Å². The van der Waals surface area contributed by atoms with Crippen LogP contribution in [0.2, 0.25) is 0 Å². The Hall–Kier alpha value is -2.18. The molecule has 0 saturated carbocycles. The Labute approximate surface area is 170 Å². The van der Waals surface area contributed by atoms with Gasteiger partial charge >= 0.3 is 0 Å². The second kappa shape index (κ2) is 7.68. The van der Waals surface area contributed by atoms with E-state index in [0.717, 1.165) is 24.2 Å². The highest BCUT2D eigenvalue weighted by atomic mass is 32.1. The van der Waals surface area contributed by atoms with Crippen molar-refractivity contribution in [3.8, 4) is 17.0 Å². The van der Waals surface area contributed by atoms with Crippen molar-refractivity contribution in [3.05, 3.63) is 36.5 Å². The van der Waals surface area contributed by atoms with Gasteiger partial charge in [-0.1, -0.05) is 23.8 Å². The summed E-state index contributed by atoms with van der Waals surface area (Å²) in [6.45, 7) is 4.79. The van der Waals surface area contributed by atoms with Crippen LogP contribution >= 0.6 is 11.3 Å². The third-order valence-corrected chi connectivity index (χ3v) is 7.08. The molecule has 5 rings (SSSR count). The summed E-state index contributed by atoms with van der Waals surface area (Å²) in [5, 5.41) is 1.17. The zero-order valence-corrected chi connectivity index (χ0v) is 17.1. The molecule has 3 aromatic rings. The lowest BCUT2D eigenvalue weighted by atomic mass is 10.1. The lowest BCUT2D eigenvalue weighted by Crippen LogP contribution is -2.40. The Kier molecular flexibility index (Phi) is 4.91. The number of pyridine rings is 1. The van der Waals surface area contributed by atoms with Crippen LogP contribution in [0.15, 0.2) is 36.5 Å². The zero-order chi connectivity index (χ0) is 18.9. The number of benzene rings is 1. The molecule has 1 atom stereocenters. The number of aromatic nitrogens is 2. The van der Waals surface area contributed by atoms with E-state index in [2.05, 4.69) is 39.0 Å². The van der Waals surface area contributed by atoms with Crippen molar-refractivity contribution >= 4 is 26.7 Å². The topological polar surface area (TPSA) is 41.5 Å². The number of rotatable bonds is 4. The molecule has 0 N–H and O–H groups in total. The molecule has 5 nitrogen and oxygen atoms in total. The Morgan fingerprint density at radius 3 is 2.68 bits per heavy atom. The first-order valence-electron chi connectivity index (χ1n) is 10.2. The number of fused-ring (bicyclic) bond motifs is 1. The standard InChI is InChI=1S/C22H26N4OS/c1-27-21-8-6-17(14-23-21)16-5-7-19-20(13-16)28-22(24-19)26-12-9-18(15-26)25-10-3-2-4-11-25/h5-8,13-14,18H,2-4,9-12,15H2,1H3/t18-/m1/s1. The van der Waals surface area contributed by atoms with Crippen LogP contribution in [-0.4, -0.2) is 54.2 Å². The fourth-order valence-electron chi connectivity index (χ4n) is 4.40. The van der Waals surface area contributed by atoms with Crippen molar-refractivity contribution in [2.45, 2.75) is 31.7 Å². The van der Waals surface area contributed by atoms with E-state index in [1.165, 1.54) is 54.2 Å². The summed E-state index contributed by atoms with van der Waals surface area (Å²) < 4.78 is 6.40. The molecule has 2 aliphatic heterocycles. The first-order valence-corrected chi connectivity index (χ1v) is 11.0. The highest BCUT2D eigenvalue weighted by Crippen LogP contribution is 2.34. The molecule has 2 aliphatic rings. The second-order valence-electron chi connectivity index (χ2n) is 7.75. The highest BCUT2D eigenvalue weighted by molar-refractivity contribution is 7.22. The minimum absolute atomic E-state index is 0.641. The predicted molar refractivity (Wildman–Crippen MR) is 115 cm³/mol. The van der Waals surface area contributed by atoms with Crippen molar-refractivity contribution in [2.24, 2.45) is 0 Å². The normalized spacial score (nSPS) is 20.8. The SMILES string of the molecule is COc1ccc(-c2ccc3nc(N4CC[C@@H](N5CCCCC5)C4)sc3c2)cn1. The summed E-state index contributed by atoms with van der Waals surface area (Å²) in [7, 11) is 1.64. The summed E-state index contributed by atoms with van der Waals surface area (Å²) in [6, 6.07) is 11.2. The smallest absolute Gasteiger partial charge is 0.212 e. The predicted octanol–water partition coefficient (Wildman–Crippen LogP) is 4.43. The third-order valence-electron chi connectivity index (χ3n) is 6.00. The van der Waals surface area contributed by atoms with E-state index in [9.17, 15) is 0 Å². The van der Waals surface area contributed by atoms with Gasteiger partial charge in [0.25, 0.3) is 0 Å². The van der Waals surface area contributed by atoms with Crippen LogP contribution in [0.1, 0.15) is 25.7 Å². The van der Waals surface area contributed by atoms with Crippen LogP contribution in [0.25, 0.3) is 21.3 Å². The fraction of sp³-hybridized carbons (Fsp3) is 0.455. The molecule has 4 heterocycles. The lowest BCUT2D eigenvalue weighted by Gasteiger charge is -2.32. The van der Waals surface area contributed by atoms with E-state index in [1.54, 1.807) is 7.11 Å². The van der Waals surface area contributed by atoms with E-state index in [4.69, 9.17) is 9.72 Å². The Morgan fingerprint density at radius 1 is 1.04 bits per heavy atom. The minimum Gasteiger partial charge on any atom is -0.481 e. The molecule has 146 valence electrons. The van der Waals surface area contributed by atoms with Gasteiger partial charge in [0.15, 0.2) is 5.13 Å². The summed E-state index contributed by atoms with van der Waals surface area (Å²) >= 11 is 1.81. The average Bonchev–Trinajstić information content (AvgIpc) is 3.41. The maximum Gasteiger partial charge on any atom is 0.212 e. The number of nitrogens with zero attached hydrogens (tertiary/aromatic N) is 4. The quantitative estimate of drug-likeness (QED) is 0.655. The van der Waals surface area contributed by atoms with Crippen LogP contribution < -0.4 is 9.64 Å². The first-order chi connectivity index (χ1) is 13.8. The molecular formula is C22H26N4OS. The van der Waals surface area contributed by atoms with Crippen molar-refractivity contribution in [2.75, 3.05) is 38.2 Å². The van der Waals surface area contributed by atoms with Crippen molar-refractivity contribution in [1.29, 1.82) is 0 Å². The van der Waals surface area contributed by atoms with E-state index >= 15 is 0 Å². The molecule has 1 aromatic carbocycles. The molecular weight excluding hydrogens is 368 g/mol. The van der Waals surface area contributed by atoms with Crippen LogP contribution in [0.3, 0.4) is 0 Å². The molecule has 28 heavy (non-hydrogen) atoms.